The second-order valence-electron chi connectivity index (χ2n) is 6.44. The van der Waals surface area contributed by atoms with Crippen LogP contribution in [-0.4, -0.2) is 37.1 Å². The van der Waals surface area contributed by atoms with Gasteiger partial charge in [0.1, 0.15) is 0 Å². The molecule has 2 fully saturated rings. The van der Waals surface area contributed by atoms with Crippen LogP contribution in [0, 0.1) is 0 Å². The van der Waals surface area contributed by atoms with Crippen molar-refractivity contribution in [3.63, 3.8) is 0 Å². The van der Waals surface area contributed by atoms with Crippen molar-refractivity contribution in [1.82, 2.24) is 4.90 Å². The highest BCUT2D eigenvalue weighted by Crippen LogP contribution is 2.29. The lowest BCUT2D eigenvalue weighted by molar-refractivity contribution is 0.273. The molecule has 2 nitrogen and oxygen atoms in total. The minimum absolute atomic E-state index is 0.816. The number of aryl methyl sites for hydroxylation is 2. The molecule has 3 aliphatic rings. The van der Waals surface area contributed by atoms with E-state index in [9.17, 15) is 0 Å². The van der Waals surface area contributed by atoms with Gasteiger partial charge in [0, 0.05) is 31.4 Å². The molecule has 1 unspecified atom stereocenters. The second-order valence-corrected chi connectivity index (χ2v) is 6.44. The fraction of sp³-hybridized carbons (Fsp3) is 0.647. The van der Waals surface area contributed by atoms with Crippen molar-refractivity contribution < 1.29 is 0 Å². The topological polar surface area (TPSA) is 6.48 Å². The Bertz CT molecular complexity index is 468. The Morgan fingerprint density at radius 2 is 1.79 bits per heavy atom. The van der Waals surface area contributed by atoms with Crippen LogP contribution < -0.4 is 4.90 Å². The summed E-state index contributed by atoms with van der Waals surface area (Å²) in [7, 11) is 0. The van der Waals surface area contributed by atoms with Crippen molar-refractivity contribution in [3.8, 4) is 0 Å². The molecule has 0 radical (unpaired) electrons. The summed E-state index contributed by atoms with van der Waals surface area (Å²) in [6.07, 6.45) is 8.09. The molecule has 4 rings (SSSR count). The van der Waals surface area contributed by atoms with E-state index in [4.69, 9.17) is 0 Å². The highest BCUT2D eigenvalue weighted by molar-refractivity contribution is 5.52. The van der Waals surface area contributed by atoms with E-state index in [-0.39, 0.29) is 0 Å². The van der Waals surface area contributed by atoms with E-state index in [2.05, 4.69) is 28.0 Å². The van der Waals surface area contributed by atoms with Crippen LogP contribution in [0.5, 0.6) is 0 Å². The summed E-state index contributed by atoms with van der Waals surface area (Å²) in [5.74, 6) is 0. The minimum Gasteiger partial charge on any atom is -0.370 e. The highest BCUT2D eigenvalue weighted by Gasteiger charge is 2.29. The molecule has 19 heavy (non-hydrogen) atoms. The minimum atomic E-state index is 0.816. The van der Waals surface area contributed by atoms with Crippen LogP contribution in [0.15, 0.2) is 18.2 Å². The summed E-state index contributed by atoms with van der Waals surface area (Å²) in [5, 5.41) is 0. The summed E-state index contributed by atoms with van der Waals surface area (Å²) in [4.78, 5) is 5.36. The zero-order chi connectivity index (χ0) is 12.7. The van der Waals surface area contributed by atoms with E-state index >= 15 is 0 Å². The normalized spacial score (nSPS) is 27.2. The number of anilines is 1. The molecule has 0 aromatic heterocycles. The summed E-state index contributed by atoms with van der Waals surface area (Å²) >= 11 is 0. The predicted octanol–water partition coefficient (Wildman–Crippen LogP) is 2.85. The molecular weight excluding hydrogens is 232 g/mol. The van der Waals surface area contributed by atoms with Crippen molar-refractivity contribution in [3.05, 3.63) is 29.3 Å². The van der Waals surface area contributed by atoms with Gasteiger partial charge in [-0.15, -0.1) is 0 Å². The van der Waals surface area contributed by atoms with Gasteiger partial charge in [-0.1, -0.05) is 6.07 Å². The van der Waals surface area contributed by atoms with Crippen LogP contribution in [0.4, 0.5) is 5.69 Å². The molecule has 1 aromatic carbocycles. The molecule has 1 aliphatic carbocycles. The largest absolute Gasteiger partial charge is 0.370 e. The van der Waals surface area contributed by atoms with Gasteiger partial charge in [-0.3, -0.25) is 4.90 Å². The molecule has 2 heteroatoms. The fourth-order valence-electron chi connectivity index (χ4n) is 4.20. The highest BCUT2D eigenvalue weighted by atomic mass is 15.3. The maximum absolute atomic E-state index is 2.72. The van der Waals surface area contributed by atoms with Crippen molar-refractivity contribution in [2.45, 2.75) is 44.6 Å². The van der Waals surface area contributed by atoms with Gasteiger partial charge in [0.2, 0.25) is 0 Å². The molecule has 1 atom stereocenters. The van der Waals surface area contributed by atoms with Gasteiger partial charge in [0.25, 0.3) is 0 Å². The number of rotatable bonds is 1. The van der Waals surface area contributed by atoms with Crippen LogP contribution in [0.25, 0.3) is 0 Å². The number of hydrogen-bond donors (Lipinski definition) is 0. The van der Waals surface area contributed by atoms with Gasteiger partial charge < -0.3 is 4.90 Å². The van der Waals surface area contributed by atoms with Crippen LogP contribution in [0.2, 0.25) is 0 Å². The van der Waals surface area contributed by atoms with E-state index in [0.29, 0.717) is 0 Å². The van der Waals surface area contributed by atoms with Crippen LogP contribution >= 0.6 is 0 Å². The Morgan fingerprint density at radius 1 is 0.895 bits per heavy atom. The summed E-state index contributed by atoms with van der Waals surface area (Å²) in [6, 6.07) is 8.05. The summed E-state index contributed by atoms with van der Waals surface area (Å²) in [6.45, 7) is 5.14. The van der Waals surface area contributed by atoms with Gasteiger partial charge in [-0.2, -0.15) is 0 Å². The first-order valence-corrected chi connectivity index (χ1v) is 8.01. The molecule has 1 aromatic rings. The predicted molar refractivity (Wildman–Crippen MR) is 79.9 cm³/mol. The zero-order valence-corrected chi connectivity index (χ0v) is 11.8. The third-order valence-electron chi connectivity index (χ3n) is 5.25. The van der Waals surface area contributed by atoms with E-state index in [0.717, 1.165) is 6.04 Å². The van der Waals surface area contributed by atoms with Crippen LogP contribution in [0.3, 0.4) is 0 Å². The van der Waals surface area contributed by atoms with E-state index in [1.807, 2.05) is 0 Å². The smallest absolute Gasteiger partial charge is 0.0369 e. The van der Waals surface area contributed by atoms with Crippen molar-refractivity contribution in [1.29, 1.82) is 0 Å². The van der Waals surface area contributed by atoms with Gasteiger partial charge >= 0.3 is 0 Å². The molecule has 0 spiro atoms. The molecule has 2 saturated heterocycles. The Morgan fingerprint density at radius 3 is 2.79 bits per heavy atom. The Kier molecular flexibility index (Phi) is 2.99. The van der Waals surface area contributed by atoms with Crippen molar-refractivity contribution in [2.75, 3.05) is 31.1 Å². The molecule has 0 amide bonds. The molecule has 2 heterocycles. The lowest BCUT2D eigenvalue weighted by atomic mass is 10.1. The van der Waals surface area contributed by atoms with E-state index in [1.165, 1.54) is 70.4 Å². The van der Waals surface area contributed by atoms with Gasteiger partial charge in [0.05, 0.1) is 0 Å². The zero-order valence-electron chi connectivity index (χ0n) is 11.8. The third kappa shape index (κ3) is 2.16. The van der Waals surface area contributed by atoms with Crippen LogP contribution in [0.1, 0.15) is 36.8 Å². The van der Waals surface area contributed by atoms with Gasteiger partial charge in [0.15, 0.2) is 0 Å². The molecule has 2 aliphatic heterocycles. The first kappa shape index (κ1) is 11.8. The molecule has 0 N–H and O–H groups in total. The Hall–Kier alpha value is -1.02. The first-order chi connectivity index (χ1) is 9.40. The lowest BCUT2D eigenvalue weighted by Crippen LogP contribution is -2.36. The average Bonchev–Trinajstić information content (AvgIpc) is 3.02. The standard InChI is InChI=1S/C17H24N2/c1-4-14-7-8-16(12-15(14)5-1)19-11-3-10-18-9-2-6-17(18)13-19/h7-8,12,17H,1-6,9-11,13H2. The number of hydrogen-bond acceptors (Lipinski definition) is 2. The lowest BCUT2D eigenvalue weighted by Gasteiger charge is -2.27. The number of benzene rings is 1. The Balaban J connectivity index is 1.57. The monoisotopic (exact) mass is 256 g/mol. The van der Waals surface area contributed by atoms with Crippen molar-refractivity contribution in [2.24, 2.45) is 0 Å². The fourth-order valence-corrected chi connectivity index (χ4v) is 4.20. The number of nitrogens with zero attached hydrogens (tertiary/aromatic N) is 2. The van der Waals surface area contributed by atoms with E-state index < -0.39 is 0 Å². The maximum Gasteiger partial charge on any atom is 0.0369 e. The average molecular weight is 256 g/mol. The SMILES string of the molecule is c1cc2c(cc1N1CCCN3CCCC3C1)CCC2. The molecular formula is C17H24N2. The molecule has 102 valence electrons. The quantitative estimate of drug-likeness (QED) is 0.762. The third-order valence-corrected chi connectivity index (χ3v) is 5.25. The van der Waals surface area contributed by atoms with E-state index in [1.54, 1.807) is 11.1 Å². The van der Waals surface area contributed by atoms with Crippen LogP contribution in [-0.2, 0) is 12.8 Å². The van der Waals surface area contributed by atoms with Gasteiger partial charge in [-0.25, -0.2) is 0 Å². The maximum atomic E-state index is 2.72. The number of fused-ring (bicyclic) bond motifs is 2. The molecule has 0 bridgehead atoms. The van der Waals surface area contributed by atoms with Crippen molar-refractivity contribution >= 4 is 5.69 Å². The first-order valence-electron chi connectivity index (χ1n) is 8.01. The second kappa shape index (κ2) is 4.82. The summed E-state index contributed by atoms with van der Waals surface area (Å²) < 4.78 is 0. The van der Waals surface area contributed by atoms with Gasteiger partial charge in [-0.05, 0) is 68.3 Å². The molecule has 0 saturated carbocycles. The summed E-state index contributed by atoms with van der Waals surface area (Å²) in [5.41, 5.74) is 4.69. The Labute approximate surface area is 116 Å².